The number of hydrogen-bond acceptors (Lipinski definition) is 4. The van der Waals surface area contributed by atoms with Crippen molar-refractivity contribution in [3.8, 4) is 17.1 Å². The minimum absolute atomic E-state index is 0.739. The lowest BCUT2D eigenvalue weighted by Crippen LogP contribution is -2.06. The van der Waals surface area contributed by atoms with Crippen LogP contribution in [0, 0.1) is 10.5 Å². The van der Waals surface area contributed by atoms with E-state index in [9.17, 15) is 0 Å². The molecule has 1 aromatic heterocycles. The SMILES string of the molecule is CCCOc1ccc(-c2nc(C)c(I)c(NCC)n2)cc1. The molecule has 1 heterocycles. The zero-order chi connectivity index (χ0) is 15.2. The van der Waals surface area contributed by atoms with Crippen LogP contribution in [0.15, 0.2) is 24.3 Å². The van der Waals surface area contributed by atoms with Gasteiger partial charge < -0.3 is 10.1 Å². The van der Waals surface area contributed by atoms with Crippen LogP contribution in [0.5, 0.6) is 5.75 Å². The summed E-state index contributed by atoms with van der Waals surface area (Å²) in [6.07, 6.45) is 1.01. The molecule has 0 radical (unpaired) electrons. The zero-order valence-electron chi connectivity index (χ0n) is 12.6. The van der Waals surface area contributed by atoms with Crippen molar-refractivity contribution in [3.63, 3.8) is 0 Å². The molecular weight excluding hydrogens is 377 g/mol. The summed E-state index contributed by atoms with van der Waals surface area (Å²) in [5.41, 5.74) is 1.99. The normalized spacial score (nSPS) is 10.5. The smallest absolute Gasteiger partial charge is 0.161 e. The van der Waals surface area contributed by atoms with Gasteiger partial charge in [0.25, 0.3) is 0 Å². The third-order valence-electron chi connectivity index (χ3n) is 2.95. The predicted octanol–water partition coefficient (Wildman–Crippen LogP) is 4.28. The zero-order valence-corrected chi connectivity index (χ0v) is 14.8. The van der Waals surface area contributed by atoms with E-state index in [1.807, 2.05) is 31.2 Å². The first-order chi connectivity index (χ1) is 10.2. The van der Waals surface area contributed by atoms with E-state index < -0.39 is 0 Å². The van der Waals surface area contributed by atoms with Gasteiger partial charge in [-0.3, -0.25) is 0 Å². The fraction of sp³-hybridized carbons (Fsp3) is 0.375. The second kappa shape index (κ2) is 7.59. The highest BCUT2D eigenvalue weighted by molar-refractivity contribution is 14.1. The summed E-state index contributed by atoms with van der Waals surface area (Å²) in [4.78, 5) is 9.19. The number of rotatable bonds is 6. The fourth-order valence-electron chi connectivity index (χ4n) is 1.89. The Bertz CT molecular complexity index is 599. The molecule has 0 saturated carbocycles. The van der Waals surface area contributed by atoms with Crippen molar-refractivity contribution in [2.45, 2.75) is 27.2 Å². The highest BCUT2D eigenvalue weighted by Crippen LogP contribution is 2.25. The first kappa shape index (κ1) is 16.0. The molecule has 0 unspecified atom stereocenters. The fourth-order valence-corrected chi connectivity index (χ4v) is 2.32. The number of nitrogens with zero attached hydrogens (tertiary/aromatic N) is 2. The van der Waals surface area contributed by atoms with Crippen LogP contribution in [0.3, 0.4) is 0 Å². The number of aromatic nitrogens is 2. The van der Waals surface area contributed by atoms with Crippen molar-refractivity contribution < 1.29 is 4.74 Å². The lowest BCUT2D eigenvalue weighted by Gasteiger charge is -2.10. The van der Waals surface area contributed by atoms with Crippen molar-refractivity contribution in [1.29, 1.82) is 0 Å². The standard InChI is InChI=1S/C16H20IN3O/c1-4-10-21-13-8-6-12(7-9-13)15-19-11(3)14(17)16(20-15)18-5-2/h6-9H,4-5,10H2,1-3H3,(H,18,19,20). The Morgan fingerprint density at radius 3 is 2.48 bits per heavy atom. The van der Waals surface area contributed by atoms with Crippen LogP contribution in [0.25, 0.3) is 11.4 Å². The van der Waals surface area contributed by atoms with Crippen LogP contribution in [0.4, 0.5) is 5.82 Å². The average molecular weight is 397 g/mol. The van der Waals surface area contributed by atoms with Crippen LogP contribution < -0.4 is 10.1 Å². The van der Waals surface area contributed by atoms with Crippen LogP contribution in [0.1, 0.15) is 26.0 Å². The van der Waals surface area contributed by atoms with E-state index in [0.717, 1.165) is 51.8 Å². The van der Waals surface area contributed by atoms with Gasteiger partial charge in [0.05, 0.1) is 15.9 Å². The molecule has 0 amide bonds. The Balaban J connectivity index is 2.28. The molecule has 0 aliphatic heterocycles. The molecule has 1 aromatic carbocycles. The number of benzene rings is 1. The van der Waals surface area contributed by atoms with Gasteiger partial charge in [0.15, 0.2) is 5.82 Å². The topological polar surface area (TPSA) is 47.0 Å². The summed E-state index contributed by atoms with van der Waals surface area (Å²) in [6, 6.07) is 7.94. The van der Waals surface area contributed by atoms with Gasteiger partial charge in [0.2, 0.25) is 0 Å². The highest BCUT2D eigenvalue weighted by Gasteiger charge is 2.10. The predicted molar refractivity (Wildman–Crippen MR) is 94.9 cm³/mol. The quantitative estimate of drug-likeness (QED) is 0.740. The molecular formula is C16H20IN3O. The molecule has 0 atom stereocenters. The maximum absolute atomic E-state index is 5.60. The van der Waals surface area contributed by atoms with Crippen molar-refractivity contribution in [2.75, 3.05) is 18.5 Å². The van der Waals surface area contributed by atoms with E-state index in [2.05, 4.69) is 51.7 Å². The summed E-state index contributed by atoms with van der Waals surface area (Å²) in [5.74, 6) is 2.52. The summed E-state index contributed by atoms with van der Waals surface area (Å²) in [6.45, 7) is 7.75. The third kappa shape index (κ3) is 4.06. The largest absolute Gasteiger partial charge is 0.494 e. The molecule has 0 spiro atoms. The number of nitrogens with one attached hydrogen (secondary N) is 1. The summed E-state index contributed by atoms with van der Waals surface area (Å²) in [5, 5.41) is 3.28. The second-order valence-electron chi connectivity index (χ2n) is 4.70. The van der Waals surface area contributed by atoms with Gasteiger partial charge in [-0.1, -0.05) is 6.92 Å². The van der Waals surface area contributed by atoms with Crippen molar-refractivity contribution in [1.82, 2.24) is 9.97 Å². The molecule has 0 aliphatic carbocycles. The van der Waals surface area contributed by atoms with E-state index in [-0.39, 0.29) is 0 Å². The lowest BCUT2D eigenvalue weighted by atomic mass is 10.2. The lowest BCUT2D eigenvalue weighted by molar-refractivity contribution is 0.317. The monoisotopic (exact) mass is 397 g/mol. The van der Waals surface area contributed by atoms with Gasteiger partial charge in [0.1, 0.15) is 11.6 Å². The third-order valence-corrected chi connectivity index (χ3v) is 4.24. The first-order valence-corrected chi connectivity index (χ1v) is 8.24. The number of aryl methyl sites for hydroxylation is 1. The molecule has 5 heteroatoms. The van der Waals surface area contributed by atoms with Gasteiger partial charge in [-0.25, -0.2) is 9.97 Å². The first-order valence-electron chi connectivity index (χ1n) is 7.17. The minimum atomic E-state index is 0.739. The second-order valence-corrected chi connectivity index (χ2v) is 5.78. The molecule has 112 valence electrons. The molecule has 21 heavy (non-hydrogen) atoms. The average Bonchev–Trinajstić information content (AvgIpc) is 2.50. The number of ether oxygens (including phenoxy) is 1. The Morgan fingerprint density at radius 1 is 1.14 bits per heavy atom. The van der Waals surface area contributed by atoms with Crippen molar-refractivity contribution in [3.05, 3.63) is 33.5 Å². The molecule has 2 rings (SSSR count). The van der Waals surface area contributed by atoms with Gasteiger partial charge >= 0.3 is 0 Å². The minimum Gasteiger partial charge on any atom is -0.494 e. The van der Waals surface area contributed by atoms with Gasteiger partial charge in [-0.15, -0.1) is 0 Å². The van der Waals surface area contributed by atoms with Crippen LogP contribution >= 0.6 is 22.6 Å². The number of halogens is 1. The van der Waals surface area contributed by atoms with E-state index >= 15 is 0 Å². The van der Waals surface area contributed by atoms with Gasteiger partial charge in [0, 0.05) is 12.1 Å². The maximum atomic E-state index is 5.60. The molecule has 0 bridgehead atoms. The molecule has 2 aromatic rings. The number of anilines is 1. The van der Waals surface area contributed by atoms with Crippen LogP contribution in [-0.2, 0) is 0 Å². The van der Waals surface area contributed by atoms with E-state index in [1.54, 1.807) is 0 Å². The molecule has 0 saturated heterocycles. The Morgan fingerprint density at radius 2 is 1.86 bits per heavy atom. The van der Waals surface area contributed by atoms with Crippen LogP contribution in [0.2, 0.25) is 0 Å². The molecule has 1 N–H and O–H groups in total. The summed E-state index contributed by atoms with van der Waals surface area (Å²) >= 11 is 2.28. The Hall–Kier alpha value is -1.37. The molecule has 0 aliphatic rings. The van der Waals surface area contributed by atoms with Gasteiger partial charge in [-0.2, -0.15) is 0 Å². The summed E-state index contributed by atoms with van der Waals surface area (Å²) < 4.78 is 6.67. The van der Waals surface area contributed by atoms with E-state index in [0.29, 0.717) is 0 Å². The Kier molecular flexibility index (Phi) is 5.78. The van der Waals surface area contributed by atoms with Crippen molar-refractivity contribution in [2.24, 2.45) is 0 Å². The van der Waals surface area contributed by atoms with Gasteiger partial charge in [-0.05, 0) is 67.1 Å². The van der Waals surface area contributed by atoms with Crippen LogP contribution in [-0.4, -0.2) is 23.1 Å². The molecule has 4 nitrogen and oxygen atoms in total. The highest BCUT2D eigenvalue weighted by atomic mass is 127. The number of hydrogen-bond donors (Lipinski definition) is 1. The van der Waals surface area contributed by atoms with Crippen molar-refractivity contribution >= 4 is 28.4 Å². The van der Waals surface area contributed by atoms with E-state index in [1.165, 1.54) is 0 Å². The Labute approximate surface area is 139 Å². The molecule has 0 fully saturated rings. The maximum Gasteiger partial charge on any atom is 0.161 e. The summed E-state index contributed by atoms with van der Waals surface area (Å²) in [7, 11) is 0. The van der Waals surface area contributed by atoms with E-state index in [4.69, 9.17) is 4.74 Å².